The third-order valence-electron chi connectivity index (χ3n) is 6.75. The van der Waals surface area contributed by atoms with Crippen molar-refractivity contribution in [2.24, 2.45) is 22.6 Å². The molecule has 0 heterocycles. The zero-order chi connectivity index (χ0) is 24.4. The highest BCUT2D eigenvalue weighted by Gasteiger charge is 2.45. The van der Waals surface area contributed by atoms with Gasteiger partial charge in [-0.3, -0.25) is 0 Å². The molecule has 1 atom stereocenters. The van der Waals surface area contributed by atoms with E-state index >= 15 is 0 Å². The summed E-state index contributed by atoms with van der Waals surface area (Å²) in [6.07, 6.45) is 10.9. The van der Waals surface area contributed by atoms with E-state index < -0.39 is 0 Å². The molecular weight excluding hydrogens is 390 g/mol. The average Bonchev–Trinajstić information content (AvgIpc) is 2.93. The topological polar surface area (TPSA) is 52.3 Å². The predicted octanol–water partition coefficient (Wildman–Crippen LogP) is 8.92. The molecule has 2 rings (SSSR count). The largest absolute Gasteiger partial charge is 0.415 e. The summed E-state index contributed by atoms with van der Waals surface area (Å²) in [6, 6.07) is 0. The zero-order valence-electron chi connectivity index (χ0n) is 22.3. The molecule has 1 unspecified atom stereocenters. The summed E-state index contributed by atoms with van der Waals surface area (Å²) in [4.78, 5) is 13.9. The average molecular weight is 446 g/mol. The van der Waals surface area contributed by atoms with Crippen LogP contribution in [-0.4, -0.2) is 12.0 Å². The molecular formula is C26H55NO2S. The van der Waals surface area contributed by atoms with Crippen LogP contribution in [-0.2, 0) is 9.63 Å². The maximum absolute atomic E-state index is 8.00. The van der Waals surface area contributed by atoms with Crippen LogP contribution in [0.2, 0.25) is 0 Å². The number of thioether (sulfide) groups is 1. The monoisotopic (exact) mass is 445 g/mol. The number of hydrogen-bond acceptors (Lipinski definition) is 4. The zero-order valence-corrected chi connectivity index (χ0v) is 23.1. The number of carbonyl (C=O) groups excluding carboxylic acids is 1. The van der Waals surface area contributed by atoms with Crippen LogP contribution < -0.4 is 5.90 Å². The van der Waals surface area contributed by atoms with Gasteiger partial charge in [-0.05, 0) is 56.3 Å². The summed E-state index contributed by atoms with van der Waals surface area (Å²) in [5.41, 5.74) is 1.11. The maximum atomic E-state index is 8.00. The quantitative estimate of drug-likeness (QED) is 0.348. The summed E-state index contributed by atoms with van der Waals surface area (Å²) in [5, 5.41) is 0.791. The lowest BCUT2D eigenvalue weighted by molar-refractivity contribution is -0.0979. The fraction of sp³-hybridized carbons (Fsp3) is 0.885. The second kappa shape index (κ2) is 19.2. The van der Waals surface area contributed by atoms with E-state index in [2.05, 4.69) is 55.4 Å². The van der Waals surface area contributed by atoms with Crippen molar-refractivity contribution in [3.8, 4) is 0 Å². The first-order valence-electron chi connectivity index (χ1n) is 12.0. The van der Waals surface area contributed by atoms with Crippen LogP contribution >= 0.6 is 11.8 Å². The summed E-state index contributed by atoms with van der Waals surface area (Å²) >= 11 is 1.93. The van der Waals surface area contributed by atoms with Crippen LogP contribution in [0.5, 0.6) is 0 Å². The van der Waals surface area contributed by atoms with E-state index in [1.54, 1.807) is 0 Å². The molecule has 3 nitrogen and oxygen atoms in total. The summed E-state index contributed by atoms with van der Waals surface area (Å²) in [7, 11) is 0. The molecule has 2 N–H and O–H groups in total. The van der Waals surface area contributed by atoms with E-state index in [1.165, 1.54) is 56.3 Å². The number of carbonyl (C=O) groups is 1. The van der Waals surface area contributed by atoms with E-state index in [1.807, 2.05) is 39.3 Å². The Kier molecular flexibility index (Phi) is 21.9. The highest BCUT2D eigenvalue weighted by Crippen LogP contribution is 2.55. The van der Waals surface area contributed by atoms with Gasteiger partial charge in [0.25, 0.3) is 0 Å². The Balaban J connectivity index is -0.000000381. The molecule has 0 aromatic heterocycles. The number of nitrogens with two attached hydrogens (primary N) is 1. The van der Waals surface area contributed by atoms with Crippen LogP contribution in [0.1, 0.15) is 128 Å². The van der Waals surface area contributed by atoms with Gasteiger partial charge in [-0.1, -0.05) is 88.0 Å². The second-order valence-electron chi connectivity index (χ2n) is 9.36. The Labute approximate surface area is 194 Å². The van der Waals surface area contributed by atoms with Crippen LogP contribution in [0.3, 0.4) is 0 Å². The minimum atomic E-state index is 0.549. The molecule has 0 aromatic rings. The molecule has 0 radical (unpaired) electrons. The van der Waals surface area contributed by atoms with Crippen LogP contribution in [0.25, 0.3) is 0 Å². The lowest BCUT2D eigenvalue weighted by Crippen LogP contribution is -2.30. The Morgan fingerprint density at radius 2 is 1.43 bits per heavy atom. The standard InChI is InChI=1S/C10H19NOS.C10H20.C3H8.C2H6.CH2O/c1-8(12-11)9(2)13-10-6-4-3-5-7-10;1-8-6-7-9(2,3)10(8,4)5;1-3-2;2*1-2/h10H,3-7,11H2,1-2H3;8H,6-7H2,1-5H3;3H2,1-2H3;1-2H3;1H2/b9-8+;;;;. The molecule has 0 saturated heterocycles. The van der Waals surface area contributed by atoms with Gasteiger partial charge in [0.15, 0.2) is 0 Å². The third kappa shape index (κ3) is 13.0. The van der Waals surface area contributed by atoms with Gasteiger partial charge < -0.3 is 9.63 Å². The van der Waals surface area contributed by atoms with Gasteiger partial charge in [0, 0.05) is 10.2 Å². The molecule has 2 saturated carbocycles. The fourth-order valence-electron chi connectivity index (χ4n) is 3.53. The van der Waals surface area contributed by atoms with Crippen molar-refractivity contribution in [3.05, 3.63) is 10.7 Å². The van der Waals surface area contributed by atoms with Gasteiger partial charge in [0.1, 0.15) is 12.5 Å². The lowest BCUT2D eigenvalue weighted by Gasteiger charge is -2.37. The maximum Gasteiger partial charge on any atom is 0.130 e. The first-order chi connectivity index (χ1) is 14.0. The Morgan fingerprint density at radius 3 is 1.70 bits per heavy atom. The van der Waals surface area contributed by atoms with Crippen LogP contribution in [0.4, 0.5) is 0 Å². The molecule has 182 valence electrons. The van der Waals surface area contributed by atoms with E-state index in [-0.39, 0.29) is 0 Å². The molecule has 0 aromatic carbocycles. The van der Waals surface area contributed by atoms with Gasteiger partial charge in [-0.15, -0.1) is 11.8 Å². The van der Waals surface area contributed by atoms with E-state index in [4.69, 9.17) is 15.5 Å². The van der Waals surface area contributed by atoms with Crippen molar-refractivity contribution in [3.63, 3.8) is 0 Å². The number of allylic oxidation sites excluding steroid dienone is 2. The van der Waals surface area contributed by atoms with Gasteiger partial charge >= 0.3 is 0 Å². The predicted molar refractivity (Wildman–Crippen MR) is 139 cm³/mol. The Bertz CT molecular complexity index is 427. The van der Waals surface area contributed by atoms with Crippen molar-refractivity contribution in [1.82, 2.24) is 0 Å². The van der Waals surface area contributed by atoms with Gasteiger partial charge in [-0.25, -0.2) is 0 Å². The molecule has 0 amide bonds. The lowest BCUT2D eigenvalue weighted by atomic mass is 9.67. The fourth-order valence-corrected chi connectivity index (χ4v) is 4.81. The normalized spacial score (nSPS) is 22.2. The highest BCUT2D eigenvalue weighted by atomic mass is 32.2. The smallest absolute Gasteiger partial charge is 0.130 e. The number of rotatable bonds is 3. The first kappa shape index (κ1) is 34.1. The summed E-state index contributed by atoms with van der Waals surface area (Å²) in [6.45, 7) is 26.3. The van der Waals surface area contributed by atoms with E-state index in [0.29, 0.717) is 10.8 Å². The van der Waals surface area contributed by atoms with E-state index in [0.717, 1.165) is 16.9 Å². The van der Waals surface area contributed by atoms with Crippen molar-refractivity contribution >= 4 is 18.6 Å². The molecule has 2 aliphatic carbocycles. The second-order valence-corrected chi connectivity index (χ2v) is 10.9. The minimum absolute atomic E-state index is 0.549. The van der Waals surface area contributed by atoms with Crippen molar-refractivity contribution in [1.29, 1.82) is 0 Å². The van der Waals surface area contributed by atoms with Gasteiger partial charge in [0.05, 0.1) is 0 Å². The number of hydrogen-bond donors (Lipinski definition) is 1. The van der Waals surface area contributed by atoms with E-state index in [9.17, 15) is 0 Å². The van der Waals surface area contributed by atoms with Crippen molar-refractivity contribution in [2.45, 2.75) is 133 Å². The first-order valence-corrected chi connectivity index (χ1v) is 12.9. The molecule has 2 fully saturated rings. The van der Waals surface area contributed by atoms with Gasteiger partial charge in [0.2, 0.25) is 0 Å². The molecule has 0 aliphatic heterocycles. The van der Waals surface area contributed by atoms with Crippen LogP contribution in [0.15, 0.2) is 10.7 Å². The molecule has 4 heteroatoms. The Hall–Kier alpha value is -0.480. The van der Waals surface area contributed by atoms with Gasteiger partial charge in [-0.2, -0.15) is 5.90 Å². The molecule has 30 heavy (non-hydrogen) atoms. The molecule has 0 spiro atoms. The molecule has 2 aliphatic rings. The summed E-state index contributed by atoms with van der Waals surface area (Å²) < 4.78 is 0. The van der Waals surface area contributed by atoms with Crippen LogP contribution in [0, 0.1) is 16.7 Å². The summed E-state index contributed by atoms with van der Waals surface area (Å²) in [5.74, 6) is 6.87. The Morgan fingerprint density at radius 1 is 1.00 bits per heavy atom. The SMILES string of the molecule is C/C(ON)=C(/C)SC1CCCCC1.C=O.CC.CC1CCC(C)(C)C1(C)C.CCC. The highest BCUT2D eigenvalue weighted by molar-refractivity contribution is 8.03. The van der Waals surface area contributed by atoms with Crippen molar-refractivity contribution < 1.29 is 9.63 Å². The molecule has 0 bridgehead atoms. The minimum Gasteiger partial charge on any atom is -0.415 e. The third-order valence-corrected chi connectivity index (χ3v) is 8.19. The van der Waals surface area contributed by atoms with Crippen molar-refractivity contribution in [2.75, 3.05) is 0 Å².